The average Bonchev–Trinajstić information content (AvgIpc) is 3.67. The number of aromatic nitrogens is 2. The first-order valence-corrected chi connectivity index (χ1v) is 15.4. The largest absolute Gasteiger partial charge is 0.316 e. The van der Waals surface area contributed by atoms with E-state index < -0.39 is 0 Å². The zero-order valence-electron chi connectivity index (χ0n) is 24.6. The Balaban J connectivity index is 1.21. The van der Waals surface area contributed by atoms with Crippen LogP contribution in [0.4, 0.5) is 17.1 Å². The van der Waals surface area contributed by atoms with Gasteiger partial charge >= 0.3 is 0 Å². The van der Waals surface area contributed by atoms with Crippen molar-refractivity contribution in [3.05, 3.63) is 176 Å². The molecule has 3 heteroatoms. The standard InChI is InChI=1S/C42H29N3/c1-3-13-33(14-4-1)43-26-25-32-28-39-38-17-9-10-18-40(38)45(42(39)29-41(32)43)36-23-21-35(22-24-36)44(34-15-5-2-6-16-34)37-20-19-30-11-7-8-12-31(30)27-37/h1-29H. The van der Waals surface area contributed by atoms with Gasteiger partial charge in [0.05, 0.1) is 16.6 Å². The molecule has 2 aromatic heterocycles. The maximum atomic E-state index is 2.40. The summed E-state index contributed by atoms with van der Waals surface area (Å²) in [6, 6.07) is 61.0. The van der Waals surface area contributed by atoms with E-state index in [2.05, 4.69) is 190 Å². The van der Waals surface area contributed by atoms with Gasteiger partial charge in [0.25, 0.3) is 0 Å². The molecule has 0 saturated carbocycles. The molecule has 0 aliphatic rings. The van der Waals surface area contributed by atoms with Crippen LogP contribution in [-0.4, -0.2) is 9.13 Å². The highest BCUT2D eigenvalue weighted by atomic mass is 15.1. The number of para-hydroxylation sites is 3. The van der Waals surface area contributed by atoms with Crippen LogP contribution in [0.15, 0.2) is 176 Å². The third-order valence-corrected chi connectivity index (χ3v) is 8.89. The molecule has 0 aliphatic carbocycles. The smallest absolute Gasteiger partial charge is 0.0562 e. The molecule has 212 valence electrons. The molecular weight excluding hydrogens is 546 g/mol. The second-order valence-corrected chi connectivity index (χ2v) is 11.5. The molecular formula is C42H29N3. The fraction of sp³-hybridized carbons (Fsp3) is 0. The predicted octanol–water partition coefficient (Wildman–Crippen LogP) is 11.4. The van der Waals surface area contributed by atoms with Crippen LogP contribution in [-0.2, 0) is 0 Å². The predicted molar refractivity (Wildman–Crippen MR) is 190 cm³/mol. The zero-order chi connectivity index (χ0) is 29.7. The second-order valence-electron chi connectivity index (χ2n) is 11.5. The van der Waals surface area contributed by atoms with Crippen LogP contribution in [0.5, 0.6) is 0 Å². The number of fused-ring (bicyclic) bond motifs is 5. The Hall–Kier alpha value is -6.06. The molecule has 9 rings (SSSR count). The van der Waals surface area contributed by atoms with Crippen molar-refractivity contribution in [3.63, 3.8) is 0 Å². The summed E-state index contributed by atoms with van der Waals surface area (Å²) in [4.78, 5) is 2.33. The number of hydrogen-bond acceptors (Lipinski definition) is 1. The summed E-state index contributed by atoms with van der Waals surface area (Å²) >= 11 is 0. The third-order valence-electron chi connectivity index (χ3n) is 8.89. The zero-order valence-corrected chi connectivity index (χ0v) is 24.6. The maximum absolute atomic E-state index is 2.40. The summed E-state index contributed by atoms with van der Waals surface area (Å²) in [5.41, 5.74) is 9.26. The summed E-state index contributed by atoms with van der Waals surface area (Å²) in [5.74, 6) is 0. The highest BCUT2D eigenvalue weighted by Crippen LogP contribution is 2.39. The molecule has 3 nitrogen and oxygen atoms in total. The van der Waals surface area contributed by atoms with Crippen molar-refractivity contribution in [1.29, 1.82) is 0 Å². The van der Waals surface area contributed by atoms with Gasteiger partial charge in [-0.2, -0.15) is 0 Å². The average molecular weight is 576 g/mol. The first kappa shape index (κ1) is 25.4. The van der Waals surface area contributed by atoms with E-state index >= 15 is 0 Å². The van der Waals surface area contributed by atoms with Gasteiger partial charge in [0.15, 0.2) is 0 Å². The van der Waals surface area contributed by atoms with Crippen LogP contribution >= 0.6 is 0 Å². The Kier molecular flexibility index (Phi) is 5.82. The monoisotopic (exact) mass is 575 g/mol. The van der Waals surface area contributed by atoms with Gasteiger partial charge in [0.2, 0.25) is 0 Å². The van der Waals surface area contributed by atoms with Gasteiger partial charge in [-0.1, -0.05) is 84.9 Å². The van der Waals surface area contributed by atoms with Crippen LogP contribution in [0, 0.1) is 0 Å². The molecule has 0 unspecified atom stereocenters. The van der Waals surface area contributed by atoms with Crippen LogP contribution in [0.3, 0.4) is 0 Å². The molecule has 45 heavy (non-hydrogen) atoms. The number of nitrogens with zero attached hydrogens (tertiary/aromatic N) is 3. The summed E-state index contributed by atoms with van der Waals surface area (Å²) in [7, 11) is 0. The Morgan fingerprint density at radius 1 is 0.356 bits per heavy atom. The van der Waals surface area contributed by atoms with Crippen molar-refractivity contribution in [2.24, 2.45) is 0 Å². The van der Waals surface area contributed by atoms with Gasteiger partial charge in [-0.25, -0.2) is 0 Å². The second kappa shape index (κ2) is 10.3. The van der Waals surface area contributed by atoms with Gasteiger partial charge in [-0.15, -0.1) is 0 Å². The van der Waals surface area contributed by atoms with Gasteiger partial charge in [0, 0.05) is 50.8 Å². The molecule has 0 fully saturated rings. The van der Waals surface area contributed by atoms with Crippen LogP contribution in [0.25, 0.3) is 54.9 Å². The number of benzene rings is 7. The summed E-state index contributed by atoms with van der Waals surface area (Å²) < 4.78 is 4.68. The van der Waals surface area contributed by atoms with E-state index in [9.17, 15) is 0 Å². The van der Waals surface area contributed by atoms with E-state index in [1.807, 2.05) is 0 Å². The molecule has 0 aliphatic heterocycles. The van der Waals surface area contributed by atoms with Crippen molar-refractivity contribution in [3.8, 4) is 11.4 Å². The lowest BCUT2D eigenvalue weighted by molar-refractivity contribution is 1.12. The van der Waals surface area contributed by atoms with Gasteiger partial charge in [0.1, 0.15) is 0 Å². The summed E-state index contributed by atoms with van der Waals surface area (Å²) in [6.45, 7) is 0. The first-order valence-electron chi connectivity index (χ1n) is 15.4. The van der Waals surface area contributed by atoms with E-state index in [1.165, 1.54) is 43.5 Å². The lowest BCUT2D eigenvalue weighted by atomic mass is 10.1. The van der Waals surface area contributed by atoms with E-state index in [1.54, 1.807) is 0 Å². The SMILES string of the molecule is c1ccc(N(c2ccc(-n3c4ccccc4c4cc5ccn(-c6ccccc6)c5cc43)cc2)c2ccc3ccccc3c2)cc1. The van der Waals surface area contributed by atoms with Crippen molar-refractivity contribution >= 4 is 60.5 Å². The normalized spacial score (nSPS) is 11.6. The molecule has 0 saturated heterocycles. The van der Waals surface area contributed by atoms with Crippen molar-refractivity contribution in [2.45, 2.75) is 0 Å². The number of hydrogen-bond donors (Lipinski definition) is 0. The number of rotatable bonds is 5. The Bertz CT molecular complexity index is 2470. The van der Waals surface area contributed by atoms with Crippen LogP contribution < -0.4 is 4.90 Å². The fourth-order valence-electron chi connectivity index (χ4n) is 6.78. The molecule has 0 spiro atoms. The topological polar surface area (TPSA) is 13.1 Å². The van der Waals surface area contributed by atoms with E-state index in [4.69, 9.17) is 0 Å². The molecule has 0 amide bonds. The lowest BCUT2D eigenvalue weighted by Gasteiger charge is -2.26. The molecule has 0 radical (unpaired) electrons. The minimum absolute atomic E-state index is 1.11. The summed E-state index contributed by atoms with van der Waals surface area (Å²) in [5, 5.41) is 6.22. The van der Waals surface area contributed by atoms with Gasteiger partial charge in [-0.05, 0) is 95.7 Å². The maximum Gasteiger partial charge on any atom is 0.0562 e. The van der Waals surface area contributed by atoms with Crippen molar-refractivity contribution < 1.29 is 0 Å². The van der Waals surface area contributed by atoms with E-state index in [0.717, 1.165) is 28.4 Å². The van der Waals surface area contributed by atoms with Crippen LogP contribution in [0.1, 0.15) is 0 Å². The molecule has 7 aromatic carbocycles. The Morgan fingerprint density at radius 2 is 1.02 bits per heavy atom. The highest BCUT2D eigenvalue weighted by molar-refractivity contribution is 6.13. The van der Waals surface area contributed by atoms with Crippen molar-refractivity contribution in [1.82, 2.24) is 9.13 Å². The summed E-state index contributed by atoms with van der Waals surface area (Å²) in [6.07, 6.45) is 2.17. The third kappa shape index (κ3) is 4.21. The van der Waals surface area contributed by atoms with Crippen molar-refractivity contribution in [2.75, 3.05) is 4.90 Å². The highest BCUT2D eigenvalue weighted by Gasteiger charge is 2.17. The molecule has 0 bridgehead atoms. The fourth-order valence-corrected chi connectivity index (χ4v) is 6.78. The number of anilines is 3. The van der Waals surface area contributed by atoms with E-state index in [-0.39, 0.29) is 0 Å². The molecule has 9 aromatic rings. The van der Waals surface area contributed by atoms with Crippen LogP contribution in [0.2, 0.25) is 0 Å². The molecule has 0 atom stereocenters. The quantitative estimate of drug-likeness (QED) is 0.199. The molecule has 2 heterocycles. The molecule has 0 N–H and O–H groups in total. The van der Waals surface area contributed by atoms with Gasteiger partial charge in [-0.3, -0.25) is 0 Å². The minimum Gasteiger partial charge on any atom is -0.316 e. The van der Waals surface area contributed by atoms with Gasteiger partial charge < -0.3 is 14.0 Å². The minimum atomic E-state index is 1.11. The van der Waals surface area contributed by atoms with E-state index in [0.29, 0.717) is 0 Å². The first-order chi connectivity index (χ1) is 22.3. The lowest BCUT2D eigenvalue weighted by Crippen LogP contribution is -2.10. The Morgan fingerprint density at radius 3 is 1.84 bits per heavy atom. The Labute approximate surface area is 261 Å².